The van der Waals surface area contributed by atoms with Crippen LogP contribution in [0.25, 0.3) is 5.52 Å². The van der Waals surface area contributed by atoms with Gasteiger partial charge in [-0.05, 0) is 59.4 Å². The summed E-state index contributed by atoms with van der Waals surface area (Å²) in [7, 11) is 0. The molecular formula is C26H33ClFN5O3. The molecule has 1 aromatic carbocycles. The highest BCUT2D eigenvalue weighted by atomic mass is 35.5. The van der Waals surface area contributed by atoms with Crippen LogP contribution in [-0.4, -0.2) is 43.1 Å². The van der Waals surface area contributed by atoms with E-state index in [4.69, 9.17) is 27.1 Å². The third-order valence-electron chi connectivity index (χ3n) is 6.89. The molecule has 4 N–H and O–H groups in total. The number of carbonyl (C=O) groups is 1. The Kier molecular flexibility index (Phi) is 7.16. The molecular weight excluding hydrogens is 485 g/mol. The first-order chi connectivity index (χ1) is 16.9. The van der Waals surface area contributed by atoms with Crippen LogP contribution in [0.4, 0.5) is 10.2 Å². The van der Waals surface area contributed by atoms with Gasteiger partial charge in [0.2, 0.25) is 0 Å². The number of carbonyl (C=O) groups excluding carboxylic acids is 1. The third kappa shape index (κ3) is 4.86. The first kappa shape index (κ1) is 26.2. The summed E-state index contributed by atoms with van der Waals surface area (Å²) < 4.78 is 23.4. The minimum atomic E-state index is -0.835. The molecule has 1 aliphatic carbocycles. The molecule has 2 heterocycles. The van der Waals surface area contributed by atoms with Crippen molar-refractivity contribution >= 4 is 28.8 Å². The van der Waals surface area contributed by atoms with Crippen LogP contribution >= 0.6 is 11.6 Å². The molecule has 1 atom stereocenters. The van der Waals surface area contributed by atoms with E-state index in [1.165, 1.54) is 6.07 Å². The number of fused-ring (bicyclic) bond motifs is 1. The molecule has 194 valence electrons. The van der Waals surface area contributed by atoms with E-state index in [9.17, 15) is 9.90 Å². The van der Waals surface area contributed by atoms with E-state index in [-0.39, 0.29) is 28.5 Å². The van der Waals surface area contributed by atoms with Crippen LogP contribution in [0, 0.1) is 12.7 Å². The third-order valence-corrected chi connectivity index (χ3v) is 7.17. The summed E-state index contributed by atoms with van der Waals surface area (Å²) in [5.74, 6) is -0.747. The van der Waals surface area contributed by atoms with Crippen molar-refractivity contribution in [3.8, 4) is 5.75 Å². The number of rotatable bonds is 6. The first-order valence-corrected chi connectivity index (χ1v) is 12.6. The number of aromatic nitrogens is 3. The van der Waals surface area contributed by atoms with Gasteiger partial charge in [0.05, 0.1) is 22.9 Å². The van der Waals surface area contributed by atoms with Crippen molar-refractivity contribution in [2.24, 2.45) is 0 Å². The van der Waals surface area contributed by atoms with Gasteiger partial charge in [0.1, 0.15) is 28.5 Å². The maximum atomic E-state index is 15.5. The van der Waals surface area contributed by atoms with Crippen LogP contribution in [0.2, 0.25) is 5.02 Å². The number of nitrogens with one attached hydrogen (secondary N) is 1. The summed E-state index contributed by atoms with van der Waals surface area (Å²) in [6, 6.07) is 1.50. The maximum Gasteiger partial charge on any atom is 0.258 e. The molecule has 0 bridgehead atoms. The number of amides is 1. The minimum Gasteiger partial charge on any atom is -0.490 e. The first-order valence-electron chi connectivity index (χ1n) is 12.2. The Morgan fingerprint density at radius 1 is 1.36 bits per heavy atom. The molecule has 10 heteroatoms. The number of halogens is 2. The van der Waals surface area contributed by atoms with Gasteiger partial charge in [-0.3, -0.25) is 9.20 Å². The monoisotopic (exact) mass is 517 g/mol. The summed E-state index contributed by atoms with van der Waals surface area (Å²) >= 11 is 6.35. The van der Waals surface area contributed by atoms with Gasteiger partial charge in [-0.2, -0.15) is 0 Å². The Hall–Kier alpha value is -2.91. The molecule has 1 amide bonds. The number of nitrogens with zero attached hydrogens (tertiary/aromatic N) is 3. The van der Waals surface area contributed by atoms with Gasteiger partial charge < -0.3 is 20.9 Å². The number of anilines is 1. The zero-order valence-corrected chi connectivity index (χ0v) is 22.0. The summed E-state index contributed by atoms with van der Waals surface area (Å²) in [5, 5.41) is 12.7. The normalized spacial score (nSPS) is 21.1. The number of hydrogen-bond donors (Lipinski definition) is 3. The van der Waals surface area contributed by atoms with Crippen molar-refractivity contribution in [3.63, 3.8) is 0 Å². The van der Waals surface area contributed by atoms with E-state index in [0.717, 1.165) is 0 Å². The lowest BCUT2D eigenvalue weighted by molar-refractivity contribution is 0.0718. The van der Waals surface area contributed by atoms with Crippen LogP contribution in [0.15, 0.2) is 18.5 Å². The predicted molar refractivity (Wildman–Crippen MR) is 137 cm³/mol. The maximum absolute atomic E-state index is 15.5. The average molecular weight is 518 g/mol. The highest BCUT2D eigenvalue weighted by Crippen LogP contribution is 2.40. The molecule has 0 saturated heterocycles. The van der Waals surface area contributed by atoms with Crippen molar-refractivity contribution in [1.29, 1.82) is 0 Å². The van der Waals surface area contributed by atoms with E-state index in [1.807, 2.05) is 39.0 Å². The van der Waals surface area contributed by atoms with Gasteiger partial charge in [0.25, 0.3) is 5.91 Å². The Morgan fingerprint density at radius 3 is 2.67 bits per heavy atom. The Balaban J connectivity index is 1.83. The zero-order chi connectivity index (χ0) is 26.4. The van der Waals surface area contributed by atoms with Gasteiger partial charge in [-0.25, -0.2) is 14.4 Å². The second-order valence-corrected chi connectivity index (χ2v) is 10.6. The molecule has 4 rings (SSSR count). The van der Waals surface area contributed by atoms with Crippen molar-refractivity contribution in [3.05, 3.63) is 51.9 Å². The summed E-state index contributed by atoms with van der Waals surface area (Å²) in [4.78, 5) is 22.4. The molecule has 1 fully saturated rings. The second kappa shape index (κ2) is 9.86. The highest BCUT2D eigenvalue weighted by molar-refractivity contribution is 6.31. The fraction of sp³-hybridized carbons (Fsp3) is 0.500. The highest BCUT2D eigenvalue weighted by Gasteiger charge is 2.35. The van der Waals surface area contributed by atoms with Crippen LogP contribution in [-0.2, 0) is 0 Å². The topological polar surface area (TPSA) is 115 Å². The molecule has 1 aliphatic rings. The average Bonchev–Trinajstić information content (AvgIpc) is 3.15. The number of hydrogen-bond acceptors (Lipinski definition) is 6. The molecule has 0 radical (unpaired) electrons. The molecule has 0 aliphatic heterocycles. The molecule has 2 aromatic heterocycles. The lowest BCUT2D eigenvalue weighted by Crippen LogP contribution is -2.49. The standard InChI is InChI=1S/C26H33ClFN5O3/c1-13(2)36-22-17(14(3)24-31-15(4)21-23(29)30-10-11-33(21)24)12-18(27)20(28)19(22)25(35)32-26(5)8-6-16(34)7-9-26/h10-14,16,34H,6-9H2,1-5H3,(H2,29,30)(H,32,35). The largest absolute Gasteiger partial charge is 0.490 e. The summed E-state index contributed by atoms with van der Waals surface area (Å²) in [5.41, 5.74) is 7.20. The zero-order valence-electron chi connectivity index (χ0n) is 21.2. The lowest BCUT2D eigenvalue weighted by atomic mass is 9.81. The minimum absolute atomic E-state index is 0.132. The lowest BCUT2D eigenvalue weighted by Gasteiger charge is -2.36. The van der Waals surface area contributed by atoms with Gasteiger partial charge in [-0.1, -0.05) is 18.5 Å². The fourth-order valence-electron chi connectivity index (χ4n) is 4.93. The number of nitrogen functional groups attached to an aromatic ring is 1. The number of aryl methyl sites for hydroxylation is 1. The van der Waals surface area contributed by atoms with Crippen LogP contribution in [0.1, 0.15) is 86.7 Å². The molecule has 1 unspecified atom stereocenters. The molecule has 36 heavy (non-hydrogen) atoms. The van der Waals surface area contributed by atoms with E-state index < -0.39 is 23.2 Å². The Labute approximate surface area is 215 Å². The van der Waals surface area contributed by atoms with E-state index >= 15 is 4.39 Å². The van der Waals surface area contributed by atoms with Crippen LogP contribution in [0.3, 0.4) is 0 Å². The van der Waals surface area contributed by atoms with Gasteiger partial charge in [-0.15, -0.1) is 0 Å². The van der Waals surface area contributed by atoms with Crippen molar-refractivity contribution in [2.45, 2.75) is 84.0 Å². The van der Waals surface area contributed by atoms with E-state index in [2.05, 4.69) is 10.3 Å². The number of benzene rings is 1. The molecule has 1 saturated carbocycles. The Morgan fingerprint density at radius 2 is 2.03 bits per heavy atom. The summed E-state index contributed by atoms with van der Waals surface area (Å²) in [6.45, 7) is 9.27. The fourth-order valence-corrected chi connectivity index (χ4v) is 5.14. The molecule has 8 nitrogen and oxygen atoms in total. The molecule has 0 spiro atoms. The van der Waals surface area contributed by atoms with E-state index in [0.29, 0.717) is 54.1 Å². The van der Waals surface area contributed by atoms with Crippen LogP contribution in [0.5, 0.6) is 5.75 Å². The number of nitrogens with two attached hydrogens (primary N) is 1. The Bertz CT molecular complexity index is 1300. The smallest absolute Gasteiger partial charge is 0.258 e. The number of ether oxygens (including phenoxy) is 1. The van der Waals surface area contributed by atoms with Gasteiger partial charge in [0, 0.05) is 29.4 Å². The molecule has 3 aromatic rings. The van der Waals surface area contributed by atoms with Gasteiger partial charge in [0.15, 0.2) is 5.82 Å². The van der Waals surface area contributed by atoms with E-state index in [1.54, 1.807) is 12.4 Å². The van der Waals surface area contributed by atoms with Crippen LogP contribution < -0.4 is 15.8 Å². The quantitative estimate of drug-likeness (QED) is 0.433. The summed E-state index contributed by atoms with van der Waals surface area (Å²) in [6.07, 6.45) is 4.93. The van der Waals surface area contributed by atoms with Gasteiger partial charge >= 0.3 is 0 Å². The number of aliphatic hydroxyl groups is 1. The van der Waals surface area contributed by atoms with Crippen molar-refractivity contribution in [1.82, 2.24) is 19.7 Å². The SMILES string of the molecule is Cc1nc(C(C)c2cc(Cl)c(F)c(C(=O)NC3(C)CCC(O)CC3)c2OC(C)C)n2ccnc(N)c12. The van der Waals surface area contributed by atoms with Crippen molar-refractivity contribution < 1.29 is 19.0 Å². The predicted octanol–water partition coefficient (Wildman–Crippen LogP) is 4.77. The second-order valence-electron chi connectivity index (χ2n) is 10.2. The number of imidazole rings is 1. The number of aliphatic hydroxyl groups excluding tert-OH is 1. The van der Waals surface area contributed by atoms with Crippen molar-refractivity contribution in [2.75, 3.05) is 5.73 Å².